The quantitative estimate of drug-likeness (QED) is 0.784. The highest BCUT2D eigenvalue weighted by Gasteiger charge is 2.32. The molecule has 1 atom stereocenters. The minimum atomic E-state index is -3.12. The van der Waals surface area contributed by atoms with Gasteiger partial charge in [-0.3, -0.25) is 0 Å². The number of rotatable bonds is 3. The predicted molar refractivity (Wildman–Crippen MR) is 109 cm³/mol. The van der Waals surface area contributed by atoms with E-state index in [2.05, 4.69) is 11.8 Å². The number of piperazine rings is 1. The fraction of sp³-hybridized carbons (Fsp3) is 0.684. The zero-order valence-corrected chi connectivity index (χ0v) is 17.6. The van der Waals surface area contributed by atoms with Crippen molar-refractivity contribution >= 4 is 37.4 Å². The Bertz CT molecular complexity index is 989. The molecule has 0 unspecified atom stereocenters. The average molecular weight is 407 g/mol. The van der Waals surface area contributed by atoms with Gasteiger partial charge in [-0.25, -0.2) is 18.4 Å². The maximum atomic E-state index is 11.9. The van der Waals surface area contributed by atoms with E-state index < -0.39 is 10.0 Å². The minimum absolute atomic E-state index is 0.517. The van der Waals surface area contributed by atoms with Crippen molar-refractivity contribution < 1.29 is 8.42 Å². The Labute approximate surface area is 164 Å². The molecule has 6 nitrogen and oxygen atoms in total. The summed E-state index contributed by atoms with van der Waals surface area (Å²) >= 11 is 1.86. The van der Waals surface area contributed by atoms with E-state index >= 15 is 0 Å². The Hall–Kier alpha value is -1.25. The van der Waals surface area contributed by atoms with Crippen LogP contribution in [0.15, 0.2) is 0 Å². The molecule has 27 heavy (non-hydrogen) atoms. The summed E-state index contributed by atoms with van der Waals surface area (Å²) in [5, 5.41) is 1.25. The Kier molecular flexibility index (Phi) is 4.22. The topological polar surface area (TPSA) is 66.4 Å². The van der Waals surface area contributed by atoms with Crippen molar-refractivity contribution in [2.24, 2.45) is 5.92 Å². The van der Waals surface area contributed by atoms with Gasteiger partial charge in [0.2, 0.25) is 10.0 Å². The van der Waals surface area contributed by atoms with Crippen LogP contribution in [-0.4, -0.2) is 55.1 Å². The zero-order chi connectivity index (χ0) is 18.8. The van der Waals surface area contributed by atoms with Gasteiger partial charge in [0.25, 0.3) is 0 Å². The highest BCUT2D eigenvalue weighted by molar-refractivity contribution is 7.88. The summed E-state index contributed by atoms with van der Waals surface area (Å²) in [6.45, 7) is 4.80. The lowest BCUT2D eigenvalue weighted by Gasteiger charge is -2.34. The molecule has 3 aliphatic rings. The molecule has 2 aliphatic carbocycles. The third-order valence-electron chi connectivity index (χ3n) is 6.10. The number of aromatic nitrogens is 2. The molecule has 0 bridgehead atoms. The third-order valence-corrected chi connectivity index (χ3v) is 8.55. The summed E-state index contributed by atoms with van der Waals surface area (Å²) in [5.41, 5.74) is 1.45. The molecule has 3 heterocycles. The smallest absolute Gasteiger partial charge is 0.211 e. The van der Waals surface area contributed by atoms with Gasteiger partial charge in [-0.05, 0) is 43.6 Å². The SMILES string of the molecule is C[C@H]1CCc2c(sc3nc(C4CC4)nc(N4CCN(S(C)(=O)=O)CC4)c23)C1. The first kappa shape index (κ1) is 17.8. The van der Waals surface area contributed by atoms with Gasteiger partial charge < -0.3 is 4.90 Å². The Morgan fingerprint density at radius 3 is 2.48 bits per heavy atom. The summed E-state index contributed by atoms with van der Waals surface area (Å²) in [5.74, 6) is 3.31. The summed E-state index contributed by atoms with van der Waals surface area (Å²) in [6, 6.07) is 0. The molecule has 1 saturated heterocycles. The number of sulfonamides is 1. The molecule has 2 aromatic heterocycles. The second-order valence-corrected chi connectivity index (χ2v) is 11.4. The second kappa shape index (κ2) is 6.39. The van der Waals surface area contributed by atoms with Crippen molar-refractivity contribution in [1.82, 2.24) is 14.3 Å². The van der Waals surface area contributed by atoms with Crippen molar-refractivity contribution in [3.05, 3.63) is 16.3 Å². The van der Waals surface area contributed by atoms with Crippen LogP contribution in [0.25, 0.3) is 10.2 Å². The number of thiophene rings is 1. The molecule has 2 aromatic rings. The predicted octanol–water partition coefficient (Wildman–Crippen LogP) is 2.78. The summed E-state index contributed by atoms with van der Waals surface area (Å²) in [4.78, 5) is 14.9. The number of hydrogen-bond acceptors (Lipinski definition) is 6. The van der Waals surface area contributed by atoms with E-state index in [-0.39, 0.29) is 0 Å². The van der Waals surface area contributed by atoms with Crippen molar-refractivity contribution in [3.8, 4) is 0 Å². The van der Waals surface area contributed by atoms with Crippen LogP contribution < -0.4 is 4.90 Å². The number of anilines is 1. The van der Waals surface area contributed by atoms with Gasteiger partial charge in [-0.1, -0.05) is 6.92 Å². The van der Waals surface area contributed by atoms with E-state index in [0.29, 0.717) is 32.1 Å². The van der Waals surface area contributed by atoms with E-state index in [4.69, 9.17) is 9.97 Å². The number of nitrogens with zero attached hydrogens (tertiary/aromatic N) is 4. The molecule has 0 amide bonds. The maximum absolute atomic E-state index is 11.9. The van der Waals surface area contributed by atoms with Crippen LogP contribution in [0, 0.1) is 5.92 Å². The lowest BCUT2D eigenvalue weighted by atomic mass is 9.89. The van der Waals surface area contributed by atoms with E-state index in [9.17, 15) is 8.42 Å². The molecule has 0 aromatic carbocycles. The molecule has 1 saturated carbocycles. The molecule has 1 aliphatic heterocycles. The van der Waals surface area contributed by atoms with Crippen LogP contribution >= 0.6 is 11.3 Å². The van der Waals surface area contributed by atoms with E-state index in [1.54, 1.807) is 4.31 Å². The fourth-order valence-electron chi connectivity index (χ4n) is 4.32. The van der Waals surface area contributed by atoms with Crippen LogP contribution in [0.1, 0.15) is 48.4 Å². The van der Waals surface area contributed by atoms with Crippen LogP contribution in [0.4, 0.5) is 5.82 Å². The number of aryl methyl sites for hydroxylation is 1. The van der Waals surface area contributed by atoms with Gasteiger partial charge in [-0.15, -0.1) is 11.3 Å². The Balaban J connectivity index is 1.56. The van der Waals surface area contributed by atoms with Crippen molar-refractivity contribution in [3.63, 3.8) is 0 Å². The molecule has 8 heteroatoms. The normalized spacial score (nSPS) is 24.4. The molecule has 0 N–H and O–H groups in total. The molecular weight excluding hydrogens is 380 g/mol. The number of fused-ring (bicyclic) bond motifs is 3. The lowest BCUT2D eigenvalue weighted by molar-refractivity contribution is 0.387. The second-order valence-electron chi connectivity index (χ2n) is 8.36. The Morgan fingerprint density at radius 1 is 1.07 bits per heavy atom. The summed E-state index contributed by atoms with van der Waals surface area (Å²) in [7, 11) is -3.12. The van der Waals surface area contributed by atoms with E-state index in [0.717, 1.165) is 35.2 Å². The highest BCUT2D eigenvalue weighted by Crippen LogP contribution is 2.44. The molecule has 5 rings (SSSR count). The zero-order valence-electron chi connectivity index (χ0n) is 15.9. The largest absolute Gasteiger partial charge is 0.353 e. The van der Waals surface area contributed by atoms with Gasteiger partial charge in [0.05, 0.1) is 11.6 Å². The molecule has 0 radical (unpaired) electrons. The highest BCUT2D eigenvalue weighted by atomic mass is 32.2. The van der Waals surface area contributed by atoms with E-state index in [1.807, 2.05) is 11.3 Å². The van der Waals surface area contributed by atoms with E-state index in [1.165, 1.54) is 41.3 Å². The van der Waals surface area contributed by atoms with Crippen LogP contribution in [0.2, 0.25) is 0 Å². The first-order valence-corrected chi connectivity index (χ1v) is 12.6. The van der Waals surface area contributed by atoms with Gasteiger partial charge in [0.15, 0.2) is 0 Å². The van der Waals surface area contributed by atoms with Gasteiger partial charge in [0.1, 0.15) is 16.5 Å². The van der Waals surface area contributed by atoms with Crippen LogP contribution in [0.5, 0.6) is 0 Å². The van der Waals surface area contributed by atoms with Gasteiger partial charge in [0, 0.05) is 37.0 Å². The van der Waals surface area contributed by atoms with Crippen molar-refractivity contribution in [2.75, 3.05) is 37.3 Å². The third kappa shape index (κ3) is 3.25. The monoisotopic (exact) mass is 406 g/mol. The van der Waals surface area contributed by atoms with Gasteiger partial charge >= 0.3 is 0 Å². The number of hydrogen-bond donors (Lipinski definition) is 0. The summed E-state index contributed by atoms with van der Waals surface area (Å²) in [6.07, 6.45) is 7.16. The first-order chi connectivity index (χ1) is 12.9. The molecule has 0 spiro atoms. The lowest BCUT2D eigenvalue weighted by Crippen LogP contribution is -2.48. The Morgan fingerprint density at radius 2 is 1.81 bits per heavy atom. The molecular formula is C19H26N4O2S2. The fourth-order valence-corrected chi connectivity index (χ4v) is 6.53. The van der Waals surface area contributed by atoms with Crippen molar-refractivity contribution in [1.29, 1.82) is 0 Å². The van der Waals surface area contributed by atoms with Crippen LogP contribution in [-0.2, 0) is 22.9 Å². The molecule has 2 fully saturated rings. The van der Waals surface area contributed by atoms with Crippen molar-refractivity contribution in [2.45, 2.75) is 44.9 Å². The van der Waals surface area contributed by atoms with Crippen LogP contribution in [0.3, 0.4) is 0 Å². The molecule has 146 valence electrons. The minimum Gasteiger partial charge on any atom is -0.353 e. The average Bonchev–Trinajstić information content (AvgIpc) is 3.41. The summed E-state index contributed by atoms with van der Waals surface area (Å²) < 4.78 is 25.3. The van der Waals surface area contributed by atoms with Gasteiger partial charge in [-0.2, -0.15) is 4.31 Å². The maximum Gasteiger partial charge on any atom is 0.211 e. The first-order valence-electron chi connectivity index (χ1n) is 9.92. The standard InChI is InChI=1S/C19H26N4O2S2/c1-12-3-6-14-15(11-12)26-19-16(14)18(20-17(21-19)13-4-5-13)22-7-9-23(10-8-22)27(2,24)25/h12-13H,3-11H2,1-2H3/t12-/m0/s1.